The Bertz CT molecular complexity index is 411. The van der Waals surface area contributed by atoms with Crippen molar-refractivity contribution in [1.82, 2.24) is 5.32 Å². The molecule has 0 aromatic heterocycles. The van der Waals surface area contributed by atoms with Crippen molar-refractivity contribution in [3.63, 3.8) is 0 Å². The molecule has 1 N–H and O–H groups in total. The maximum absolute atomic E-state index is 5.50. The number of allylic oxidation sites excluding steroid dienone is 1. The van der Waals surface area contributed by atoms with Gasteiger partial charge in [-0.3, -0.25) is 0 Å². The fourth-order valence-corrected chi connectivity index (χ4v) is 2.67. The molecule has 0 radical (unpaired) electrons. The average molecular weight is 245 g/mol. The summed E-state index contributed by atoms with van der Waals surface area (Å²) in [5, 5.41) is 3.60. The minimum Gasteiger partial charge on any atom is -0.496 e. The molecule has 0 saturated carbocycles. The van der Waals surface area contributed by atoms with Crippen molar-refractivity contribution in [2.75, 3.05) is 13.7 Å². The van der Waals surface area contributed by atoms with Crippen molar-refractivity contribution in [3.05, 3.63) is 41.5 Å². The zero-order chi connectivity index (χ0) is 12.8. The Morgan fingerprint density at radius 3 is 2.78 bits per heavy atom. The van der Waals surface area contributed by atoms with Crippen molar-refractivity contribution < 1.29 is 4.74 Å². The van der Waals surface area contributed by atoms with Gasteiger partial charge in [-0.1, -0.05) is 36.8 Å². The molecule has 2 nitrogen and oxygen atoms in total. The molecule has 0 aliphatic heterocycles. The Labute approximate surface area is 110 Å². The molecule has 18 heavy (non-hydrogen) atoms. The van der Waals surface area contributed by atoms with E-state index in [9.17, 15) is 0 Å². The summed E-state index contributed by atoms with van der Waals surface area (Å²) in [6, 6.07) is 8.64. The van der Waals surface area contributed by atoms with Crippen LogP contribution in [0.1, 0.15) is 44.2 Å². The smallest absolute Gasteiger partial charge is 0.123 e. The molecule has 0 fully saturated rings. The summed E-state index contributed by atoms with van der Waals surface area (Å²) >= 11 is 0. The number of hydrogen-bond acceptors (Lipinski definition) is 2. The minimum atomic E-state index is 0.312. The quantitative estimate of drug-likeness (QED) is 0.796. The number of methoxy groups -OCH3 is 1. The zero-order valence-electron chi connectivity index (χ0n) is 11.4. The molecular formula is C16H23NO. The van der Waals surface area contributed by atoms with E-state index in [1.807, 2.05) is 12.1 Å². The van der Waals surface area contributed by atoms with Crippen molar-refractivity contribution in [3.8, 4) is 5.75 Å². The van der Waals surface area contributed by atoms with Gasteiger partial charge in [-0.25, -0.2) is 0 Å². The van der Waals surface area contributed by atoms with Crippen LogP contribution < -0.4 is 10.1 Å². The molecule has 0 saturated heterocycles. The van der Waals surface area contributed by atoms with Gasteiger partial charge < -0.3 is 10.1 Å². The van der Waals surface area contributed by atoms with Crippen LogP contribution in [-0.2, 0) is 0 Å². The Hall–Kier alpha value is -1.28. The van der Waals surface area contributed by atoms with E-state index in [4.69, 9.17) is 4.74 Å². The largest absolute Gasteiger partial charge is 0.496 e. The molecule has 1 aliphatic carbocycles. The van der Waals surface area contributed by atoms with Crippen LogP contribution in [-0.4, -0.2) is 13.7 Å². The predicted octanol–water partition coefficient (Wildman–Crippen LogP) is 3.85. The summed E-state index contributed by atoms with van der Waals surface area (Å²) in [4.78, 5) is 0. The number of likely N-dealkylation sites (N-methyl/N-ethyl adjacent to an activating group) is 1. The molecule has 0 bridgehead atoms. The fraction of sp³-hybridized carbons (Fsp3) is 0.500. The van der Waals surface area contributed by atoms with Gasteiger partial charge in [-0.2, -0.15) is 0 Å². The average Bonchev–Trinajstić information content (AvgIpc) is 2.46. The molecule has 1 aromatic carbocycles. The molecule has 1 aromatic rings. The fourth-order valence-electron chi connectivity index (χ4n) is 2.67. The van der Waals surface area contributed by atoms with Crippen LogP contribution in [0.3, 0.4) is 0 Å². The van der Waals surface area contributed by atoms with Gasteiger partial charge in [0.2, 0.25) is 0 Å². The lowest BCUT2D eigenvalue weighted by atomic mass is 9.89. The molecule has 1 atom stereocenters. The van der Waals surface area contributed by atoms with Crippen LogP contribution in [0, 0.1) is 0 Å². The van der Waals surface area contributed by atoms with Crippen molar-refractivity contribution in [1.29, 1.82) is 0 Å². The van der Waals surface area contributed by atoms with Crippen LogP contribution >= 0.6 is 0 Å². The molecule has 0 amide bonds. The van der Waals surface area contributed by atoms with Gasteiger partial charge in [0.15, 0.2) is 0 Å². The van der Waals surface area contributed by atoms with E-state index < -0.39 is 0 Å². The second-order valence-electron chi connectivity index (χ2n) is 4.76. The summed E-state index contributed by atoms with van der Waals surface area (Å²) < 4.78 is 5.50. The van der Waals surface area contributed by atoms with Crippen LogP contribution in [0.25, 0.3) is 0 Å². The van der Waals surface area contributed by atoms with Crippen molar-refractivity contribution >= 4 is 0 Å². The van der Waals surface area contributed by atoms with E-state index in [-0.39, 0.29) is 0 Å². The number of benzene rings is 1. The van der Waals surface area contributed by atoms with Crippen LogP contribution in [0.5, 0.6) is 5.75 Å². The Morgan fingerprint density at radius 1 is 1.28 bits per heavy atom. The van der Waals surface area contributed by atoms with Crippen LogP contribution in [0.2, 0.25) is 0 Å². The summed E-state index contributed by atoms with van der Waals surface area (Å²) in [5.74, 6) is 0.981. The SMILES string of the molecule is CCNC(C1=CCCCC1)c1ccccc1OC. The third-order valence-corrected chi connectivity index (χ3v) is 3.56. The van der Waals surface area contributed by atoms with E-state index in [0.717, 1.165) is 12.3 Å². The summed E-state index contributed by atoms with van der Waals surface area (Å²) in [7, 11) is 1.75. The van der Waals surface area contributed by atoms with E-state index >= 15 is 0 Å². The van der Waals surface area contributed by atoms with E-state index in [1.165, 1.54) is 36.8 Å². The Kier molecular flexibility index (Phi) is 4.82. The first-order chi connectivity index (χ1) is 8.86. The first-order valence-corrected chi connectivity index (χ1v) is 6.92. The van der Waals surface area contributed by atoms with Gasteiger partial charge in [0, 0.05) is 5.56 Å². The van der Waals surface area contributed by atoms with Crippen molar-refractivity contribution in [2.45, 2.75) is 38.6 Å². The molecule has 1 aliphatic rings. The number of hydrogen-bond donors (Lipinski definition) is 1. The summed E-state index contributed by atoms with van der Waals surface area (Å²) in [6.45, 7) is 3.13. The third-order valence-electron chi connectivity index (χ3n) is 3.56. The minimum absolute atomic E-state index is 0.312. The summed E-state index contributed by atoms with van der Waals surface area (Å²) in [5.41, 5.74) is 2.78. The van der Waals surface area contributed by atoms with Gasteiger partial charge in [0.25, 0.3) is 0 Å². The van der Waals surface area contributed by atoms with E-state index in [0.29, 0.717) is 6.04 Å². The van der Waals surface area contributed by atoms with Gasteiger partial charge in [-0.05, 0) is 38.3 Å². The van der Waals surface area contributed by atoms with Crippen LogP contribution in [0.15, 0.2) is 35.9 Å². The first-order valence-electron chi connectivity index (χ1n) is 6.92. The highest BCUT2D eigenvalue weighted by Gasteiger charge is 2.20. The summed E-state index contributed by atoms with van der Waals surface area (Å²) in [6.07, 6.45) is 7.46. The maximum Gasteiger partial charge on any atom is 0.123 e. The molecule has 1 unspecified atom stereocenters. The second kappa shape index (κ2) is 6.60. The molecular weight excluding hydrogens is 222 g/mol. The molecule has 0 spiro atoms. The lowest BCUT2D eigenvalue weighted by Gasteiger charge is -2.25. The molecule has 2 rings (SSSR count). The van der Waals surface area contributed by atoms with Gasteiger partial charge in [0.1, 0.15) is 5.75 Å². The predicted molar refractivity (Wildman–Crippen MR) is 76.0 cm³/mol. The molecule has 98 valence electrons. The highest BCUT2D eigenvalue weighted by molar-refractivity contribution is 5.40. The van der Waals surface area contributed by atoms with Crippen molar-refractivity contribution in [2.24, 2.45) is 0 Å². The zero-order valence-corrected chi connectivity index (χ0v) is 11.4. The topological polar surface area (TPSA) is 21.3 Å². The second-order valence-corrected chi connectivity index (χ2v) is 4.76. The lowest BCUT2D eigenvalue weighted by molar-refractivity contribution is 0.402. The number of nitrogens with one attached hydrogen (secondary N) is 1. The Morgan fingerprint density at radius 2 is 2.11 bits per heavy atom. The highest BCUT2D eigenvalue weighted by atomic mass is 16.5. The van der Waals surface area contributed by atoms with Gasteiger partial charge in [0.05, 0.1) is 13.2 Å². The number of ether oxygens (including phenoxy) is 1. The standard InChI is InChI=1S/C16H23NO/c1-3-17-16(13-9-5-4-6-10-13)14-11-7-8-12-15(14)18-2/h7-9,11-12,16-17H,3-6,10H2,1-2H3. The van der Waals surface area contributed by atoms with E-state index in [1.54, 1.807) is 7.11 Å². The lowest BCUT2D eigenvalue weighted by Crippen LogP contribution is -2.24. The van der Waals surface area contributed by atoms with Gasteiger partial charge in [-0.15, -0.1) is 0 Å². The normalized spacial score (nSPS) is 17.1. The highest BCUT2D eigenvalue weighted by Crippen LogP contribution is 2.34. The molecule has 0 heterocycles. The molecule has 2 heteroatoms. The first kappa shape index (κ1) is 13.2. The van der Waals surface area contributed by atoms with Gasteiger partial charge >= 0.3 is 0 Å². The monoisotopic (exact) mass is 245 g/mol. The number of para-hydroxylation sites is 1. The Balaban J connectivity index is 2.31. The third kappa shape index (κ3) is 2.94. The maximum atomic E-state index is 5.50. The number of rotatable bonds is 5. The van der Waals surface area contributed by atoms with Crippen LogP contribution in [0.4, 0.5) is 0 Å². The van der Waals surface area contributed by atoms with E-state index in [2.05, 4.69) is 30.4 Å².